The molecule has 0 fully saturated rings. The number of ether oxygens (including phenoxy) is 1. The molecule has 0 aromatic heterocycles. The molecule has 4 aromatic rings. The van der Waals surface area contributed by atoms with Crippen molar-refractivity contribution in [3.63, 3.8) is 0 Å². The lowest BCUT2D eigenvalue weighted by Gasteiger charge is -2.08. The third kappa shape index (κ3) is 5.05. The summed E-state index contributed by atoms with van der Waals surface area (Å²) in [6.07, 6.45) is 3.18. The fourth-order valence-electron chi connectivity index (χ4n) is 3.65. The van der Waals surface area contributed by atoms with Gasteiger partial charge in [0.05, 0.1) is 13.2 Å². The number of halogens is 3. The Morgan fingerprint density at radius 1 is 0.735 bits per heavy atom. The summed E-state index contributed by atoms with van der Waals surface area (Å²) in [6, 6.07) is 21.5. The molecule has 1 N–H and O–H groups in total. The average Bonchev–Trinajstić information content (AvgIpc) is 2.86. The Morgan fingerprint density at radius 2 is 1.38 bits per heavy atom. The molecule has 0 saturated carbocycles. The van der Waals surface area contributed by atoms with Crippen LogP contribution in [0.2, 0.25) is 0 Å². The molecule has 0 heterocycles. The minimum absolute atomic E-state index is 0.114. The largest absolute Gasteiger partial charge is 0.494 e. The summed E-state index contributed by atoms with van der Waals surface area (Å²) < 4.78 is 49.1. The SMILES string of the molecule is CCOc1ccc(-c2ccc(C=Cc3ccc(-c4ccc(CO)cc4)c(F)c3F)cc2)c(F)c1. The van der Waals surface area contributed by atoms with Crippen LogP contribution in [0, 0.1) is 17.5 Å². The fourth-order valence-corrected chi connectivity index (χ4v) is 3.65. The van der Waals surface area contributed by atoms with Crippen LogP contribution >= 0.6 is 0 Å². The number of hydrogen-bond acceptors (Lipinski definition) is 2. The first-order valence-corrected chi connectivity index (χ1v) is 10.9. The van der Waals surface area contributed by atoms with E-state index in [-0.39, 0.29) is 23.6 Å². The zero-order valence-electron chi connectivity index (χ0n) is 18.6. The van der Waals surface area contributed by atoms with E-state index in [0.29, 0.717) is 34.6 Å². The van der Waals surface area contributed by atoms with Gasteiger partial charge in [-0.25, -0.2) is 13.2 Å². The van der Waals surface area contributed by atoms with Crippen molar-refractivity contribution in [2.45, 2.75) is 13.5 Å². The second kappa shape index (κ2) is 10.4. The molecule has 5 heteroatoms. The van der Waals surface area contributed by atoms with Gasteiger partial charge < -0.3 is 9.84 Å². The van der Waals surface area contributed by atoms with Gasteiger partial charge in [0, 0.05) is 22.8 Å². The lowest BCUT2D eigenvalue weighted by atomic mass is 10.0. The summed E-state index contributed by atoms with van der Waals surface area (Å²) in [4.78, 5) is 0. The van der Waals surface area contributed by atoms with Gasteiger partial charge in [0.25, 0.3) is 0 Å². The van der Waals surface area contributed by atoms with Crippen LogP contribution in [-0.2, 0) is 6.61 Å². The molecule has 2 nitrogen and oxygen atoms in total. The third-order valence-corrected chi connectivity index (χ3v) is 5.49. The van der Waals surface area contributed by atoms with Crippen molar-refractivity contribution in [3.05, 3.63) is 113 Å². The van der Waals surface area contributed by atoms with Gasteiger partial charge in [0.1, 0.15) is 11.6 Å². The lowest BCUT2D eigenvalue weighted by Crippen LogP contribution is -1.94. The van der Waals surface area contributed by atoms with Crippen molar-refractivity contribution in [1.82, 2.24) is 0 Å². The second-order valence-corrected chi connectivity index (χ2v) is 7.72. The Kier molecular flexibility index (Phi) is 7.14. The molecule has 0 atom stereocenters. The van der Waals surface area contributed by atoms with E-state index in [1.807, 2.05) is 6.92 Å². The first kappa shape index (κ1) is 23.3. The fraction of sp³-hybridized carbons (Fsp3) is 0.103. The molecule has 0 aliphatic rings. The predicted molar refractivity (Wildman–Crippen MR) is 130 cm³/mol. The molecule has 34 heavy (non-hydrogen) atoms. The van der Waals surface area contributed by atoms with E-state index >= 15 is 0 Å². The van der Waals surface area contributed by atoms with Crippen molar-refractivity contribution >= 4 is 12.2 Å². The third-order valence-electron chi connectivity index (χ3n) is 5.49. The Bertz CT molecular complexity index is 1310. The van der Waals surface area contributed by atoms with E-state index in [9.17, 15) is 13.2 Å². The van der Waals surface area contributed by atoms with Crippen LogP contribution in [0.15, 0.2) is 78.9 Å². The topological polar surface area (TPSA) is 29.5 Å². The maximum Gasteiger partial charge on any atom is 0.167 e. The van der Waals surface area contributed by atoms with Crippen LogP contribution in [0.4, 0.5) is 13.2 Å². The summed E-state index contributed by atoms with van der Waals surface area (Å²) in [7, 11) is 0. The molecule has 172 valence electrons. The highest BCUT2D eigenvalue weighted by Gasteiger charge is 2.13. The molecule has 0 saturated heterocycles. The smallest absolute Gasteiger partial charge is 0.167 e. The van der Waals surface area contributed by atoms with E-state index in [2.05, 4.69) is 0 Å². The Labute approximate surface area is 196 Å². The summed E-state index contributed by atoms with van der Waals surface area (Å²) >= 11 is 0. The quantitative estimate of drug-likeness (QED) is 0.289. The van der Waals surface area contributed by atoms with E-state index in [1.54, 1.807) is 66.7 Å². The maximum absolute atomic E-state index is 14.7. The molecular formula is C29H23F3O2. The first-order valence-electron chi connectivity index (χ1n) is 10.9. The lowest BCUT2D eigenvalue weighted by molar-refractivity contribution is 0.282. The Hall–Kier alpha value is -3.83. The highest BCUT2D eigenvalue weighted by Crippen LogP contribution is 2.29. The minimum atomic E-state index is -0.937. The van der Waals surface area contributed by atoms with Crippen molar-refractivity contribution in [3.8, 4) is 28.0 Å². The average molecular weight is 460 g/mol. The monoisotopic (exact) mass is 460 g/mol. The first-order chi connectivity index (χ1) is 16.5. The molecular weight excluding hydrogens is 437 g/mol. The van der Waals surface area contributed by atoms with Crippen LogP contribution in [0.5, 0.6) is 5.75 Å². The van der Waals surface area contributed by atoms with Gasteiger partial charge in [-0.3, -0.25) is 0 Å². The summed E-state index contributed by atoms with van der Waals surface area (Å²) in [5.41, 5.74) is 3.41. The Balaban J connectivity index is 1.53. The van der Waals surface area contributed by atoms with Crippen LogP contribution in [0.25, 0.3) is 34.4 Å². The van der Waals surface area contributed by atoms with E-state index in [1.165, 1.54) is 24.3 Å². The number of aliphatic hydroxyl groups excluding tert-OH is 1. The molecule has 0 radical (unpaired) electrons. The van der Waals surface area contributed by atoms with E-state index < -0.39 is 11.6 Å². The minimum Gasteiger partial charge on any atom is -0.494 e. The second-order valence-electron chi connectivity index (χ2n) is 7.72. The van der Waals surface area contributed by atoms with Crippen molar-refractivity contribution in [1.29, 1.82) is 0 Å². The van der Waals surface area contributed by atoms with Gasteiger partial charge in [-0.15, -0.1) is 0 Å². The van der Waals surface area contributed by atoms with Gasteiger partial charge in [-0.1, -0.05) is 72.8 Å². The Morgan fingerprint density at radius 3 is 2.03 bits per heavy atom. The van der Waals surface area contributed by atoms with Crippen LogP contribution in [0.1, 0.15) is 23.6 Å². The van der Waals surface area contributed by atoms with Crippen molar-refractivity contribution < 1.29 is 23.0 Å². The molecule has 0 amide bonds. The van der Waals surface area contributed by atoms with Crippen molar-refractivity contribution in [2.24, 2.45) is 0 Å². The molecule has 4 rings (SSSR count). The summed E-state index contributed by atoms with van der Waals surface area (Å²) in [6.45, 7) is 2.19. The summed E-state index contributed by atoms with van der Waals surface area (Å²) in [5, 5.41) is 9.14. The van der Waals surface area contributed by atoms with Gasteiger partial charge >= 0.3 is 0 Å². The van der Waals surface area contributed by atoms with Crippen molar-refractivity contribution in [2.75, 3.05) is 6.61 Å². The normalized spacial score (nSPS) is 11.2. The molecule has 0 aliphatic carbocycles. The highest BCUT2D eigenvalue weighted by molar-refractivity contribution is 5.74. The van der Waals surface area contributed by atoms with E-state index in [4.69, 9.17) is 9.84 Å². The van der Waals surface area contributed by atoms with Gasteiger partial charge in [0.15, 0.2) is 11.6 Å². The standard InChI is InChI=1S/C29H23F3O2/c1-2-34-24-14-16-25(27(30)17-24)21-8-3-19(4-9-21)5-12-23-13-15-26(29(32)28(23)31)22-10-6-20(18-33)7-11-22/h3-17,33H,2,18H2,1H3. The number of rotatable bonds is 7. The van der Waals surface area contributed by atoms with Crippen LogP contribution in [-0.4, -0.2) is 11.7 Å². The number of hydrogen-bond donors (Lipinski definition) is 1. The van der Waals surface area contributed by atoms with Crippen LogP contribution in [0.3, 0.4) is 0 Å². The van der Waals surface area contributed by atoms with Crippen LogP contribution < -0.4 is 4.74 Å². The summed E-state index contributed by atoms with van der Waals surface area (Å²) in [5.74, 6) is -1.77. The predicted octanol–water partition coefficient (Wildman–Crippen LogP) is 7.50. The zero-order chi connectivity index (χ0) is 24.1. The molecule has 4 aromatic carbocycles. The maximum atomic E-state index is 14.7. The number of aliphatic hydroxyl groups is 1. The number of benzene rings is 4. The van der Waals surface area contributed by atoms with Gasteiger partial charge in [-0.05, 0) is 41.3 Å². The molecule has 0 aliphatic heterocycles. The highest BCUT2D eigenvalue weighted by atomic mass is 19.2. The van der Waals surface area contributed by atoms with Gasteiger partial charge in [0.2, 0.25) is 0 Å². The van der Waals surface area contributed by atoms with E-state index in [0.717, 1.165) is 5.56 Å². The molecule has 0 spiro atoms. The van der Waals surface area contributed by atoms with Gasteiger partial charge in [-0.2, -0.15) is 0 Å². The molecule has 0 unspecified atom stereocenters. The molecule has 0 bridgehead atoms. The zero-order valence-corrected chi connectivity index (χ0v) is 18.6.